The number of carbonyl (C=O) groups excluding carboxylic acids is 2. The minimum absolute atomic E-state index is 0.00650. The number of amides is 1. The summed E-state index contributed by atoms with van der Waals surface area (Å²) < 4.78 is 52.5. The van der Waals surface area contributed by atoms with Gasteiger partial charge >= 0.3 is 5.97 Å². The van der Waals surface area contributed by atoms with E-state index in [4.69, 9.17) is 9.26 Å². The number of hydrogen-bond acceptors (Lipinski definition) is 7. The van der Waals surface area contributed by atoms with Crippen molar-refractivity contribution >= 4 is 39.7 Å². The molecule has 0 unspecified atom stereocenters. The normalized spacial score (nSPS) is 14.9. The van der Waals surface area contributed by atoms with Crippen molar-refractivity contribution in [1.82, 2.24) is 9.46 Å². The molecule has 206 valence electrons. The van der Waals surface area contributed by atoms with Gasteiger partial charge < -0.3 is 14.2 Å². The first-order valence-corrected chi connectivity index (χ1v) is 14.0. The highest BCUT2D eigenvalue weighted by Gasteiger charge is 2.37. The first kappa shape index (κ1) is 28.2. The van der Waals surface area contributed by atoms with E-state index in [0.717, 1.165) is 0 Å². The molecule has 0 radical (unpaired) electrons. The molecule has 4 rings (SSSR count). The van der Waals surface area contributed by atoms with Crippen LogP contribution in [0.3, 0.4) is 0 Å². The standard InChI is InChI=1S/C28H30FN3O6S/c1-20-27(25(38-30-20)13-12-21-8-6-7-11-24(21)29)39(35,36)31-17-14-22(15-18-31)28(34)32(19-16-26(33)37-2)23-9-4-3-5-10-23/h3-13,22H,14-19H2,1-2H3/b13-12+. The lowest BCUT2D eigenvalue weighted by molar-refractivity contribution is -0.140. The second-order valence-electron chi connectivity index (χ2n) is 9.15. The minimum atomic E-state index is -3.99. The summed E-state index contributed by atoms with van der Waals surface area (Å²) >= 11 is 0. The molecule has 0 bridgehead atoms. The quantitative estimate of drug-likeness (QED) is 0.362. The third kappa shape index (κ3) is 6.43. The monoisotopic (exact) mass is 555 g/mol. The predicted molar refractivity (Wildman–Crippen MR) is 143 cm³/mol. The van der Waals surface area contributed by atoms with Gasteiger partial charge in [0, 0.05) is 36.8 Å². The van der Waals surface area contributed by atoms with Gasteiger partial charge in [0.15, 0.2) is 10.7 Å². The van der Waals surface area contributed by atoms with Gasteiger partial charge in [-0.3, -0.25) is 9.59 Å². The molecule has 0 N–H and O–H groups in total. The molecule has 39 heavy (non-hydrogen) atoms. The van der Waals surface area contributed by atoms with Crippen LogP contribution in [0.5, 0.6) is 0 Å². The molecule has 1 saturated heterocycles. The number of methoxy groups -OCH3 is 1. The van der Waals surface area contributed by atoms with Crippen LogP contribution >= 0.6 is 0 Å². The van der Waals surface area contributed by atoms with E-state index in [9.17, 15) is 22.4 Å². The van der Waals surface area contributed by atoms with E-state index in [1.54, 1.807) is 35.2 Å². The molecule has 0 spiro atoms. The summed E-state index contributed by atoms with van der Waals surface area (Å²) in [4.78, 5) is 26.7. The van der Waals surface area contributed by atoms with Gasteiger partial charge in [-0.25, -0.2) is 12.8 Å². The van der Waals surface area contributed by atoms with E-state index in [2.05, 4.69) is 5.16 Å². The lowest BCUT2D eigenvalue weighted by atomic mass is 9.96. The van der Waals surface area contributed by atoms with Gasteiger partial charge in [0.1, 0.15) is 11.5 Å². The molecule has 0 aliphatic carbocycles. The van der Waals surface area contributed by atoms with Gasteiger partial charge in [-0.15, -0.1) is 0 Å². The van der Waals surface area contributed by atoms with Crippen molar-refractivity contribution in [1.29, 1.82) is 0 Å². The van der Waals surface area contributed by atoms with Crippen LogP contribution in [0.1, 0.15) is 36.3 Å². The molecule has 1 aliphatic rings. The number of hydrogen-bond donors (Lipinski definition) is 0. The van der Waals surface area contributed by atoms with Crippen molar-refractivity contribution < 1.29 is 31.7 Å². The number of carbonyl (C=O) groups is 2. The molecule has 1 fully saturated rings. The zero-order chi connectivity index (χ0) is 28.0. The van der Waals surface area contributed by atoms with Crippen molar-refractivity contribution in [2.45, 2.75) is 31.1 Å². The molecular weight excluding hydrogens is 525 g/mol. The number of aryl methyl sites for hydroxylation is 1. The SMILES string of the molecule is COC(=O)CCN(C(=O)C1CCN(S(=O)(=O)c2c(C)noc2/C=C/c2ccccc2F)CC1)c1ccccc1. The molecule has 1 aromatic heterocycles. The number of ether oxygens (including phenoxy) is 1. The molecule has 11 heteroatoms. The highest BCUT2D eigenvalue weighted by molar-refractivity contribution is 7.89. The molecule has 0 atom stereocenters. The number of halogens is 1. The third-order valence-electron chi connectivity index (χ3n) is 6.65. The van der Waals surface area contributed by atoms with E-state index in [1.807, 2.05) is 18.2 Å². The van der Waals surface area contributed by atoms with Gasteiger partial charge in [0.2, 0.25) is 15.9 Å². The number of esters is 1. The molecule has 1 aliphatic heterocycles. The highest BCUT2D eigenvalue weighted by atomic mass is 32.2. The summed E-state index contributed by atoms with van der Waals surface area (Å²) in [5.74, 6) is -1.45. The third-order valence-corrected chi connectivity index (χ3v) is 8.71. The Labute approximate surface area is 226 Å². The molecule has 2 heterocycles. The van der Waals surface area contributed by atoms with E-state index < -0.39 is 27.7 Å². The molecule has 9 nitrogen and oxygen atoms in total. The lowest BCUT2D eigenvalue weighted by Gasteiger charge is -2.33. The second kappa shape index (κ2) is 12.4. The predicted octanol–water partition coefficient (Wildman–Crippen LogP) is 4.29. The summed E-state index contributed by atoms with van der Waals surface area (Å²) in [7, 11) is -2.70. The minimum Gasteiger partial charge on any atom is -0.469 e. The fraction of sp³-hybridized carbons (Fsp3) is 0.321. The maximum Gasteiger partial charge on any atom is 0.307 e. The van der Waals surface area contributed by atoms with Gasteiger partial charge in [0.05, 0.1) is 13.5 Å². The van der Waals surface area contributed by atoms with Gasteiger partial charge in [-0.1, -0.05) is 41.6 Å². The first-order valence-electron chi connectivity index (χ1n) is 12.5. The van der Waals surface area contributed by atoms with Gasteiger partial charge in [-0.2, -0.15) is 4.31 Å². The van der Waals surface area contributed by atoms with Crippen molar-refractivity contribution in [2.75, 3.05) is 31.6 Å². The first-order chi connectivity index (χ1) is 18.7. The Balaban J connectivity index is 1.48. The number of aromatic nitrogens is 1. The van der Waals surface area contributed by atoms with Crippen LogP contribution in [0, 0.1) is 18.7 Å². The molecule has 3 aromatic rings. The van der Waals surface area contributed by atoms with Crippen LogP contribution in [0.2, 0.25) is 0 Å². The molecular formula is C28H30FN3O6S. The maximum atomic E-state index is 14.0. The summed E-state index contributed by atoms with van der Waals surface area (Å²) in [5.41, 5.74) is 1.14. The Kier molecular flexibility index (Phi) is 8.93. The zero-order valence-corrected chi connectivity index (χ0v) is 22.6. The van der Waals surface area contributed by atoms with Crippen LogP contribution in [0.15, 0.2) is 64.0 Å². The van der Waals surface area contributed by atoms with Crippen molar-refractivity contribution in [3.8, 4) is 0 Å². The fourth-order valence-corrected chi connectivity index (χ4v) is 6.27. The van der Waals surface area contributed by atoms with Crippen molar-refractivity contribution in [3.05, 3.63) is 77.4 Å². The summed E-state index contributed by atoms with van der Waals surface area (Å²) in [5, 5.41) is 3.83. The van der Waals surface area contributed by atoms with Crippen LogP contribution in [-0.4, -0.2) is 56.5 Å². The Hall–Kier alpha value is -3.83. The topological polar surface area (TPSA) is 110 Å². The largest absolute Gasteiger partial charge is 0.469 e. The Morgan fingerprint density at radius 2 is 1.77 bits per heavy atom. The Morgan fingerprint density at radius 3 is 2.44 bits per heavy atom. The van der Waals surface area contributed by atoms with Crippen LogP contribution in [-0.2, 0) is 24.3 Å². The summed E-state index contributed by atoms with van der Waals surface area (Å²) in [6.45, 7) is 1.94. The van der Waals surface area contributed by atoms with E-state index >= 15 is 0 Å². The molecule has 2 aromatic carbocycles. The summed E-state index contributed by atoms with van der Waals surface area (Å²) in [6.07, 6.45) is 3.49. The number of sulfonamides is 1. The molecule has 1 amide bonds. The number of anilines is 1. The maximum absolute atomic E-state index is 14.0. The number of benzene rings is 2. The zero-order valence-electron chi connectivity index (χ0n) is 21.7. The second-order valence-corrected chi connectivity index (χ2v) is 11.0. The van der Waals surface area contributed by atoms with E-state index in [-0.39, 0.29) is 53.9 Å². The van der Waals surface area contributed by atoms with Crippen LogP contribution in [0.25, 0.3) is 12.2 Å². The average Bonchev–Trinajstić information content (AvgIpc) is 3.34. The number of piperidine rings is 1. The fourth-order valence-electron chi connectivity index (χ4n) is 4.55. The summed E-state index contributed by atoms with van der Waals surface area (Å²) in [6, 6.07) is 15.1. The van der Waals surface area contributed by atoms with E-state index in [1.165, 1.54) is 36.6 Å². The van der Waals surface area contributed by atoms with Crippen molar-refractivity contribution in [3.63, 3.8) is 0 Å². The van der Waals surface area contributed by atoms with Gasteiger partial charge in [0.25, 0.3) is 0 Å². The van der Waals surface area contributed by atoms with Crippen LogP contribution < -0.4 is 4.90 Å². The number of para-hydroxylation sites is 1. The Morgan fingerprint density at radius 1 is 1.10 bits per heavy atom. The number of rotatable bonds is 9. The number of nitrogens with zero attached hydrogens (tertiary/aromatic N) is 3. The average molecular weight is 556 g/mol. The van der Waals surface area contributed by atoms with Crippen LogP contribution in [0.4, 0.5) is 10.1 Å². The van der Waals surface area contributed by atoms with E-state index in [0.29, 0.717) is 18.5 Å². The highest BCUT2D eigenvalue weighted by Crippen LogP contribution is 2.31. The lowest BCUT2D eigenvalue weighted by Crippen LogP contribution is -2.45. The van der Waals surface area contributed by atoms with Gasteiger partial charge in [-0.05, 0) is 50.1 Å². The van der Waals surface area contributed by atoms with Crippen molar-refractivity contribution in [2.24, 2.45) is 5.92 Å². The molecule has 0 saturated carbocycles. The Bertz CT molecular complexity index is 1450. The smallest absolute Gasteiger partial charge is 0.307 e.